The second-order valence-corrected chi connectivity index (χ2v) is 35.9. The van der Waals surface area contributed by atoms with E-state index in [1.54, 1.807) is 135 Å². The molecule has 20 aromatic rings. The molecular weight excluding hydrogens is 1880 g/mol. The summed E-state index contributed by atoms with van der Waals surface area (Å²) in [4.78, 5) is 50.6. The van der Waals surface area contributed by atoms with Crippen LogP contribution in [-0.2, 0) is 0 Å². The molecule has 0 saturated carbocycles. The van der Waals surface area contributed by atoms with Crippen molar-refractivity contribution in [1.82, 2.24) is 116 Å². The van der Waals surface area contributed by atoms with Crippen LogP contribution in [0.2, 0.25) is 0 Å². The number of aromatic nitrogens is 24. The van der Waals surface area contributed by atoms with Crippen molar-refractivity contribution in [2.75, 3.05) is 19.6 Å². The van der Waals surface area contributed by atoms with Crippen molar-refractivity contribution in [2.45, 2.75) is 91.4 Å². The molecule has 0 spiro atoms. The normalized spacial score (nSPS) is 14.3. The predicted molar refractivity (Wildman–Crippen MR) is 529 cm³/mol. The lowest BCUT2D eigenvalue weighted by Gasteiger charge is -2.37. The minimum atomic E-state index is -0.296. The molecule has 0 unspecified atom stereocenters. The van der Waals surface area contributed by atoms with Gasteiger partial charge in [0.05, 0.1) is 162 Å². The maximum Gasteiger partial charge on any atom is 0.164 e. The molecule has 8 aromatic carbocycles. The molecule has 12 aromatic heterocycles. The van der Waals surface area contributed by atoms with E-state index < -0.39 is 0 Å². The van der Waals surface area contributed by atoms with E-state index in [4.69, 9.17) is 29.9 Å². The van der Waals surface area contributed by atoms with Crippen molar-refractivity contribution in [1.29, 1.82) is 21.0 Å². The van der Waals surface area contributed by atoms with Crippen molar-refractivity contribution in [2.24, 2.45) is 0 Å². The zero-order valence-corrected chi connectivity index (χ0v) is 79.1. The molecular formula is C102H72F4N32S4. The lowest BCUT2D eigenvalue weighted by Crippen LogP contribution is -2.32. The summed E-state index contributed by atoms with van der Waals surface area (Å²) < 4.78 is 79.3. The van der Waals surface area contributed by atoms with Crippen molar-refractivity contribution in [3.05, 3.63) is 337 Å². The van der Waals surface area contributed by atoms with Crippen LogP contribution in [0, 0.1) is 82.4 Å². The third-order valence-corrected chi connectivity index (χ3v) is 27.8. The van der Waals surface area contributed by atoms with Gasteiger partial charge < -0.3 is 19.6 Å². The van der Waals surface area contributed by atoms with Gasteiger partial charge in [0, 0.05) is 22.7 Å². The van der Waals surface area contributed by atoms with Crippen LogP contribution < -0.4 is 19.6 Å². The third-order valence-electron chi connectivity index (χ3n) is 24.4. The lowest BCUT2D eigenvalue weighted by atomic mass is 10.1. The van der Waals surface area contributed by atoms with Crippen molar-refractivity contribution in [3.8, 4) is 134 Å². The van der Waals surface area contributed by atoms with Crippen LogP contribution in [0.5, 0.6) is 0 Å². The number of hydrogen-bond acceptors (Lipinski definition) is 32. The summed E-state index contributed by atoms with van der Waals surface area (Å²) >= 11 is 5.25. The van der Waals surface area contributed by atoms with E-state index in [1.165, 1.54) is 94.7 Å². The summed E-state index contributed by atoms with van der Waals surface area (Å²) in [6, 6.07) is 63.3. The first kappa shape index (κ1) is 90.5. The van der Waals surface area contributed by atoms with E-state index in [1.807, 2.05) is 105 Å². The van der Waals surface area contributed by atoms with Crippen molar-refractivity contribution >= 4 is 92.2 Å². The van der Waals surface area contributed by atoms with Gasteiger partial charge in [0.25, 0.3) is 0 Å². The van der Waals surface area contributed by atoms with Crippen molar-refractivity contribution in [3.63, 3.8) is 0 Å². The van der Waals surface area contributed by atoms with E-state index in [9.17, 15) is 38.6 Å². The number of halogens is 4. The number of aryl methyl sites for hydroxylation is 2. The van der Waals surface area contributed by atoms with Crippen LogP contribution in [0.1, 0.15) is 135 Å². The molecule has 4 atom stereocenters. The van der Waals surface area contributed by atoms with Crippen molar-refractivity contribution < 1.29 is 17.6 Å². The summed E-state index contributed by atoms with van der Waals surface area (Å²) in [7, 11) is 0. The number of nitrogens with zero attached hydrogens (tertiary/aromatic N) is 32. The van der Waals surface area contributed by atoms with Gasteiger partial charge in [-0.05, 0) is 229 Å². The quantitative estimate of drug-likeness (QED) is 0.0811. The van der Waals surface area contributed by atoms with Gasteiger partial charge in [-0.2, -0.15) is 38.5 Å². The minimum Gasteiger partial charge on any atom is -0.314 e. The van der Waals surface area contributed by atoms with Gasteiger partial charge >= 0.3 is 0 Å². The molecule has 4 aliphatic rings. The molecule has 4 aliphatic heterocycles. The molecule has 0 amide bonds. The molecule has 16 heterocycles. The van der Waals surface area contributed by atoms with E-state index in [0.717, 1.165) is 170 Å². The number of anilines is 8. The second-order valence-electron chi connectivity index (χ2n) is 32.7. The highest BCUT2D eigenvalue weighted by molar-refractivity contribution is 7.11. The first-order valence-electron chi connectivity index (χ1n) is 44.7. The van der Waals surface area contributed by atoms with Crippen LogP contribution >= 0.6 is 46.1 Å². The van der Waals surface area contributed by atoms with Gasteiger partial charge in [-0.3, -0.25) is 18.3 Å². The van der Waals surface area contributed by atoms with Crippen LogP contribution in [-0.4, -0.2) is 116 Å². The Hall–Kier alpha value is -18.0. The standard InChI is InChI=1S/2C26H19FN8S.2C25H17FN8S/c2*1-3-21-26-33-32-15(2)34(26)22-14-29-24(20-13-30-36-23(20)17-7-9-18(27)10-8-17)31-25(22)35(21)19-6-4-5-16(11-19)12-28;2*1-2-20-25-32-29-14-33(25)21-13-28-23(19-12-30-35-22(19)16-6-8-17(26)9-7-16)31-24(21)34(20)18-5-3-4-15(10-18)11-27/h2*4-11,13-14,21H,3H2,1-2H3;2*3-10,12-14,20H,2H2,1H3/t2*21-;2*20-/m1010/s1. The maximum absolute atomic E-state index is 13.5. The van der Waals surface area contributed by atoms with Crippen LogP contribution in [0.4, 0.5) is 63.6 Å². The Labute approximate surface area is 823 Å². The van der Waals surface area contributed by atoms with E-state index in [2.05, 4.69) is 140 Å². The molecule has 0 aliphatic carbocycles. The molecule has 692 valence electrons. The molecule has 0 bridgehead atoms. The molecule has 0 N–H and O–H groups in total. The SMILES string of the molecule is CC[C@@H]1c2nnc(C)n2-c2cnc(-c3cnsc3-c3ccc(F)cc3)nc2N1c1cccc(C#N)c1.CC[C@@H]1c2nncn2-c2cnc(-c3cnsc3-c3ccc(F)cc3)nc2N1c1cccc(C#N)c1.CC[C@H]1c2nnc(C)n2-c2cnc(-c3cnsc3-c3ccc(F)cc3)nc2N1c1cccc(C#N)c1.CC[C@H]1c2nncn2-c2cnc(-c3cnsc3-c3ccc(F)cc3)nc2N1c1cccc(C#N)c1. The Morgan fingerprint density at radius 1 is 0.303 bits per heavy atom. The van der Waals surface area contributed by atoms with Gasteiger partial charge in [0.2, 0.25) is 0 Å². The third kappa shape index (κ3) is 16.6. The Balaban J connectivity index is 0.000000112. The molecule has 0 fully saturated rings. The predicted octanol–water partition coefficient (Wildman–Crippen LogP) is 22.5. The first-order valence-corrected chi connectivity index (χ1v) is 47.8. The topological polar surface area (TPSA) is 386 Å². The number of rotatable bonds is 16. The van der Waals surface area contributed by atoms with Gasteiger partial charge in [-0.15, -0.1) is 40.8 Å². The smallest absolute Gasteiger partial charge is 0.164 e. The highest BCUT2D eigenvalue weighted by atomic mass is 32.1. The second kappa shape index (κ2) is 38.5. The summed E-state index contributed by atoms with van der Waals surface area (Å²) in [5.74, 6) is 8.22. The van der Waals surface area contributed by atoms with Crippen LogP contribution in [0.25, 0.3) is 110 Å². The largest absolute Gasteiger partial charge is 0.314 e. The number of benzene rings is 8. The van der Waals surface area contributed by atoms with Gasteiger partial charge in [0.15, 0.2) is 69.9 Å². The Morgan fingerprint density at radius 3 is 0.817 bits per heavy atom. The monoisotopic (exact) mass is 1950 g/mol. The summed E-state index contributed by atoms with van der Waals surface area (Å²) in [6.45, 7) is 12.1. The molecule has 0 saturated heterocycles. The fourth-order valence-electron chi connectivity index (χ4n) is 17.9. The molecule has 32 nitrogen and oxygen atoms in total. The molecule has 0 radical (unpaired) electrons. The maximum atomic E-state index is 13.5. The number of hydrogen-bond donors (Lipinski definition) is 0. The first-order chi connectivity index (χ1) is 69.5. The van der Waals surface area contributed by atoms with Crippen LogP contribution in [0.15, 0.2) is 256 Å². The Morgan fingerprint density at radius 2 is 0.556 bits per heavy atom. The Bertz CT molecular complexity index is 7880. The zero-order chi connectivity index (χ0) is 97.5. The molecule has 40 heteroatoms. The van der Waals surface area contributed by atoms with E-state index in [0.29, 0.717) is 68.8 Å². The average Bonchev–Trinajstić information content (AvgIpc) is 1.47. The molecule has 24 rings (SSSR count). The summed E-state index contributed by atoms with van der Waals surface area (Å²) in [5, 5.41) is 72.6. The van der Waals surface area contributed by atoms with Gasteiger partial charge in [-0.1, -0.05) is 100 Å². The Kier molecular flexibility index (Phi) is 24.6. The lowest BCUT2D eigenvalue weighted by molar-refractivity contribution is 0.588. The molecule has 142 heavy (non-hydrogen) atoms. The minimum absolute atomic E-state index is 0.140. The summed E-state index contributed by atoms with van der Waals surface area (Å²) in [6.07, 6.45) is 20.3. The van der Waals surface area contributed by atoms with Crippen LogP contribution in [0.3, 0.4) is 0 Å². The highest BCUT2D eigenvalue weighted by Crippen LogP contribution is 2.52. The fraction of sp³-hybridized carbons (Fsp3) is 0.137. The zero-order valence-electron chi connectivity index (χ0n) is 75.8. The van der Waals surface area contributed by atoms with Gasteiger partial charge in [0.1, 0.15) is 70.3 Å². The van der Waals surface area contributed by atoms with E-state index in [-0.39, 0.29) is 47.4 Å². The number of fused-ring (bicyclic) bond motifs is 12. The average molecular weight is 1950 g/mol. The highest BCUT2D eigenvalue weighted by Gasteiger charge is 2.42. The summed E-state index contributed by atoms with van der Waals surface area (Å²) in [5.41, 5.74) is 15.0. The van der Waals surface area contributed by atoms with Gasteiger partial charge in [-0.25, -0.2) is 57.4 Å². The fourth-order valence-corrected chi connectivity index (χ4v) is 20.9. The van der Waals surface area contributed by atoms with E-state index >= 15 is 0 Å². The number of nitriles is 4.